The number of aromatic nitrogens is 2. The van der Waals surface area contributed by atoms with Crippen LogP contribution in [0.1, 0.15) is 24.2 Å². The van der Waals surface area contributed by atoms with Crippen LogP contribution in [0, 0.1) is 0 Å². The fourth-order valence-electron chi connectivity index (χ4n) is 2.25. The van der Waals surface area contributed by atoms with Gasteiger partial charge in [-0.15, -0.1) is 11.3 Å². The zero-order valence-electron chi connectivity index (χ0n) is 11.5. The van der Waals surface area contributed by atoms with Gasteiger partial charge < -0.3 is 10.1 Å². The number of fused-ring (bicyclic) bond motifs is 1. The molecule has 4 nitrogen and oxygen atoms in total. The molecule has 0 aliphatic carbocycles. The van der Waals surface area contributed by atoms with Crippen molar-refractivity contribution in [1.82, 2.24) is 14.7 Å². The third-order valence-corrected chi connectivity index (χ3v) is 4.11. The Balaban J connectivity index is 1.69. The van der Waals surface area contributed by atoms with Crippen molar-refractivity contribution in [2.45, 2.75) is 19.5 Å². The number of methoxy groups -OCH3 is 1. The molecule has 0 saturated carbocycles. The van der Waals surface area contributed by atoms with Crippen LogP contribution in [0.4, 0.5) is 0 Å². The van der Waals surface area contributed by atoms with Crippen molar-refractivity contribution in [1.29, 1.82) is 0 Å². The fourth-order valence-corrected chi connectivity index (χ4v) is 2.97. The van der Waals surface area contributed by atoms with Crippen LogP contribution in [-0.2, 0) is 6.54 Å². The van der Waals surface area contributed by atoms with Crippen molar-refractivity contribution in [3.8, 4) is 5.75 Å². The molecule has 0 bridgehead atoms. The molecule has 0 unspecified atom stereocenters. The first-order chi connectivity index (χ1) is 9.78. The molecule has 3 aromatic rings. The molecule has 0 radical (unpaired) electrons. The van der Waals surface area contributed by atoms with Crippen LogP contribution in [0.2, 0.25) is 0 Å². The Morgan fingerprint density at radius 2 is 2.25 bits per heavy atom. The Bertz CT molecular complexity index is 675. The number of ether oxygens (including phenoxy) is 1. The van der Waals surface area contributed by atoms with Crippen molar-refractivity contribution in [2.75, 3.05) is 7.11 Å². The average molecular weight is 287 g/mol. The quantitative estimate of drug-likeness (QED) is 0.783. The van der Waals surface area contributed by atoms with Crippen LogP contribution in [0.3, 0.4) is 0 Å². The van der Waals surface area contributed by atoms with Gasteiger partial charge in [0.25, 0.3) is 0 Å². The molecule has 0 aliphatic rings. The van der Waals surface area contributed by atoms with Crippen LogP contribution < -0.4 is 10.1 Å². The number of imidazole rings is 1. The molecule has 1 atom stereocenters. The van der Waals surface area contributed by atoms with E-state index >= 15 is 0 Å². The van der Waals surface area contributed by atoms with Crippen LogP contribution >= 0.6 is 11.3 Å². The van der Waals surface area contributed by atoms with Gasteiger partial charge in [-0.25, -0.2) is 4.98 Å². The first-order valence-electron chi connectivity index (χ1n) is 6.55. The molecule has 0 fully saturated rings. The zero-order valence-corrected chi connectivity index (χ0v) is 12.4. The molecule has 0 amide bonds. The number of benzene rings is 1. The largest absolute Gasteiger partial charge is 0.496 e. The maximum atomic E-state index is 5.40. The molecule has 1 aromatic carbocycles. The molecule has 5 heteroatoms. The third kappa shape index (κ3) is 2.55. The topological polar surface area (TPSA) is 38.6 Å². The highest BCUT2D eigenvalue weighted by atomic mass is 32.1. The van der Waals surface area contributed by atoms with Crippen molar-refractivity contribution in [3.63, 3.8) is 0 Å². The van der Waals surface area contributed by atoms with Crippen molar-refractivity contribution < 1.29 is 4.74 Å². The van der Waals surface area contributed by atoms with Gasteiger partial charge in [0, 0.05) is 35.9 Å². The van der Waals surface area contributed by atoms with Gasteiger partial charge >= 0.3 is 0 Å². The first kappa shape index (κ1) is 13.1. The fraction of sp³-hybridized carbons (Fsp3) is 0.267. The lowest BCUT2D eigenvalue weighted by Crippen LogP contribution is -2.18. The smallest absolute Gasteiger partial charge is 0.193 e. The molecule has 1 N–H and O–H groups in total. The van der Waals surface area contributed by atoms with Crippen molar-refractivity contribution in [2.24, 2.45) is 0 Å². The molecular formula is C15H17N3OS. The average Bonchev–Trinajstić information content (AvgIpc) is 3.05. The molecule has 0 saturated heterocycles. The maximum absolute atomic E-state index is 5.40. The summed E-state index contributed by atoms with van der Waals surface area (Å²) in [6.07, 6.45) is 4.09. The van der Waals surface area contributed by atoms with E-state index < -0.39 is 0 Å². The van der Waals surface area contributed by atoms with Crippen molar-refractivity contribution in [3.05, 3.63) is 53.3 Å². The minimum Gasteiger partial charge on any atom is -0.496 e. The monoisotopic (exact) mass is 287 g/mol. The van der Waals surface area contributed by atoms with Gasteiger partial charge in [0.1, 0.15) is 5.75 Å². The Labute approximate surface area is 122 Å². The number of nitrogens with zero attached hydrogens (tertiary/aromatic N) is 2. The number of thiazole rings is 1. The Kier molecular flexibility index (Phi) is 3.71. The summed E-state index contributed by atoms with van der Waals surface area (Å²) in [4.78, 5) is 5.60. The lowest BCUT2D eigenvalue weighted by molar-refractivity contribution is 0.401. The molecule has 20 heavy (non-hydrogen) atoms. The summed E-state index contributed by atoms with van der Waals surface area (Å²) in [6, 6.07) is 8.30. The summed E-state index contributed by atoms with van der Waals surface area (Å²) in [5.74, 6) is 0.915. The van der Waals surface area contributed by atoms with E-state index in [-0.39, 0.29) is 6.04 Å². The third-order valence-electron chi connectivity index (χ3n) is 3.34. The van der Waals surface area contributed by atoms with E-state index in [0.717, 1.165) is 28.5 Å². The molecule has 3 rings (SSSR count). The van der Waals surface area contributed by atoms with E-state index in [4.69, 9.17) is 4.74 Å². The second-order valence-corrected chi connectivity index (χ2v) is 5.54. The first-order valence-corrected chi connectivity index (χ1v) is 7.43. The molecule has 2 aromatic heterocycles. The molecular weight excluding hydrogens is 270 g/mol. The summed E-state index contributed by atoms with van der Waals surface area (Å²) in [6.45, 7) is 2.88. The molecule has 0 aliphatic heterocycles. The second kappa shape index (κ2) is 5.64. The molecule has 2 heterocycles. The Morgan fingerprint density at radius 1 is 1.40 bits per heavy atom. The van der Waals surface area contributed by atoms with Crippen LogP contribution in [0.5, 0.6) is 5.75 Å². The summed E-state index contributed by atoms with van der Waals surface area (Å²) in [5.41, 5.74) is 2.22. The predicted molar refractivity (Wildman–Crippen MR) is 81.3 cm³/mol. The standard InChI is InChI=1S/C15H17N3OS/c1-11(13-5-3-4-6-14(13)19-2)16-9-12-10-18-7-8-20-15(18)17-12/h3-8,10-11,16H,9H2,1-2H3/t11-/m0/s1. The maximum Gasteiger partial charge on any atom is 0.193 e. The van der Waals surface area contributed by atoms with Crippen LogP contribution in [-0.4, -0.2) is 16.5 Å². The summed E-state index contributed by atoms with van der Waals surface area (Å²) < 4.78 is 7.45. The van der Waals surface area contributed by atoms with Gasteiger partial charge in [0.15, 0.2) is 4.96 Å². The Morgan fingerprint density at radius 3 is 3.05 bits per heavy atom. The second-order valence-electron chi connectivity index (χ2n) is 4.67. The minimum atomic E-state index is 0.214. The minimum absolute atomic E-state index is 0.214. The lowest BCUT2D eigenvalue weighted by atomic mass is 10.1. The van der Waals surface area contributed by atoms with Gasteiger partial charge in [-0.05, 0) is 13.0 Å². The Hall–Kier alpha value is -1.85. The zero-order chi connectivity index (χ0) is 13.9. The molecule has 0 spiro atoms. The van der Waals surface area contributed by atoms with Gasteiger partial charge in [-0.3, -0.25) is 4.40 Å². The normalized spacial score (nSPS) is 12.7. The van der Waals surface area contributed by atoms with Gasteiger partial charge in [-0.2, -0.15) is 0 Å². The van der Waals surface area contributed by atoms with E-state index in [1.807, 2.05) is 29.8 Å². The SMILES string of the molecule is COc1ccccc1[C@H](C)NCc1cn2ccsc2n1. The number of hydrogen-bond donors (Lipinski definition) is 1. The van der Waals surface area contributed by atoms with Crippen LogP contribution in [0.15, 0.2) is 42.0 Å². The van der Waals surface area contributed by atoms with Gasteiger partial charge in [0.2, 0.25) is 0 Å². The van der Waals surface area contributed by atoms with E-state index in [2.05, 4.69) is 33.9 Å². The number of para-hydroxylation sites is 1. The van der Waals surface area contributed by atoms with Gasteiger partial charge in [0.05, 0.1) is 12.8 Å². The molecule has 104 valence electrons. The number of rotatable bonds is 5. The van der Waals surface area contributed by atoms with Crippen molar-refractivity contribution >= 4 is 16.3 Å². The van der Waals surface area contributed by atoms with E-state index in [1.54, 1.807) is 18.4 Å². The van der Waals surface area contributed by atoms with Gasteiger partial charge in [-0.1, -0.05) is 18.2 Å². The highest BCUT2D eigenvalue weighted by Crippen LogP contribution is 2.24. The lowest BCUT2D eigenvalue weighted by Gasteiger charge is -2.16. The van der Waals surface area contributed by atoms with E-state index in [0.29, 0.717) is 0 Å². The van der Waals surface area contributed by atoms with E-state index in [1.165, 1.54) is 0 Å². The number of nitrogens with one attached hydrogen (secondary N) is 1. The van der Waals surface area contributed by atoms with Crippen LogP contribution in [0.25, 0.3) is 4.96 Å². The predicted octanol–water partition coefficient (Wildman–Crippen LogP) is 3.26. The number of hydrogen-bond acceptors (Lipinski definition) is 4. The summed E-state index contributed by atoms with van der Waals surface area (Å²) >= 11 is 1.65. The highest BCUT2D eigenvalue weighted by Gasteiger charge is 2.11. The summed E-state index contributed by atoms with van der Waals surface area (Å²) in [7, 11) is 1.70. The van der Waals surface area contributed by atoms with E-state index in [9.17, 15) is 0 Å². The highest BCUT2D eigenvalue weighted by molar-refractivity contribution is 7.15. The summed E-state index contributed by atoms with van der Waals surface area (Å²) in [5, 5.41) is 5.53.